The standard InChI is InChI=1S/C10H18N2O2/c1-14-6-10(13)12-8-2-3-9(12)5-7(11)4-8/h7-9H,2-6,11H2,1H3/t7?,8-,9+. The van der Waals surface area contributed by atoms with Gasteiger partial charge in [-0.15, -0.1) is 0 Å². The summed E-state index contributed by atoms with van der Waals surface area (Å²) in [6.07, 6.45) is 4.17. The number of nitrogens with zero attached hydrogens (tertiary/aromatic N) is 1. The average molecular weight is 198 g/mol. The summed E-state index contributed by atoms with van der Waals surface area (Å²) < 4.78 is 4.89. The van der Waals surface area contributed by atoms with Gasteiger partial charge in [0, 0.05) is 25.2 Å². The van der Waals surface area contributed by atoms with E-state index in [0.717, 1.165) is 25.7 Å². The highest BCUT2D eigenvalue weighted by atomic mass is 16.5. The second-order valence-corrected chi connectivity index (χ2v) is 4.35. The van der Waals surface area contributed by atoms with Crippen LogP contribution in [0.5, 0.6) is 0 Å². The lowest BCUT2D eigenvalue weighted by atomic mass is 9.98. The molecule has 4 heteroatoms. The zero-order valence-electron chi connectivity index (χ0n) is 8.61. The highest BCUT2D eigenvalue weighted by Gasteiger charge is 2.41. The summed E-state index contributed by atoms with van der Waals surface area (Å²) in [5.41, 5.74) is 5.92. The van der Waals surface area contributed by atoms with Gasteiger partial charge in [0.25, 0.3) is 0 Å². The molecule has 14 heavy (non-hydrogen) atoms. The number of rotatable bonds is 2. The molecule has 0 spiro atoms. The van der Waals surface area contributed by atoms with Gasteiger partial charge in [0.05, 0.1) is 0 Å². The largest absolute Gasteiger partial charge is 0.375 e. The van der Waals surface area contributed by atoms with Crippen LogP contribution >= 0.6 is 0 Å². The fraction of sp³-hybridized carbons (Fsp3) is 0.900. The second-order valence-electron chi connectivity index (χ2n) is 4.35. The molecule has 80 valence electrons. The van der Waals surface area contributed by atoms with Crippen LogP contribution in [0.4, 0.5) is 0 Å². The first kappa shape index (κ1) is 9.93. The third kappa shape index (κ3) is 1.64. The minimum Gasteiger partial charge on any atom is -0.375 e. The fourth-order valence-electron chi connectivity index (χ4n) is 2.82. The van der Waals surface area contributed by atoms with E-state index in [1.807, 2.05) is 4.90 Å². The third-order valence-corrected chi connectivity index (χ3v) is 3.33. The van der Waals surface area contributed by atoms with Crippen molar-refractivity contribution in [1.29, 1.82) is 0 Å². The fourth-order valence-corrected chi connectivity index (χ4v) is 2.82. The summed E-state index contributed by atoms with van der Waals surface area (Å²) in [6.45, 7) is 0.211. The Morgan fingerprint density at radius 1 is 1.43 bits per heavy atom. The Bertz CT molecular complexity index is 218. The Morgan fingerprint density at radius 2 is 2.00 bits per heavy atom. The molecular formula is C10H18N2O2. The van der Waals surface area contributed by atoms with Crippen molar-refractivity contribution in [2.24, 2.45) is 5.73 Å². The molecule has 2 bridgehead atoms. The van der Waals surface area contributed by atoms with Gasteiger partial charge in [0.1, 0.15) is 6.61 Å². The van der Waals surface area contributed by atoms with Crippen LogP contribution in [0.3, 0.4) is 0 Å². The predicted molar refractivity (Wildman–Crippen MR) is 52.7 cm³/mol. The van der Waals surface area contributed by atoms with E-state index in [9.17, 15) is 4.79 Å². The molecule has 0 aromatic carbocycles. The summed E-state index contributed by atoms with van der Waals surface area (Å²) in [5, 5.41) is 0. The summed E-state index contributed by atoms with van der Waals surface area (Å²) in [7, 11) is 1.56. The van der Waals surface area contributed by atoms with Gasteiger partial charge in [-0.05, 0) is 25.7 Å². The minimum atomic E-state index is 0.131. The van der Waals surface area contributed by atoms with Crippen LogP contribution in [0, 0.1) is 0 Å². The number of amides is 1. The monoisotopic (exact) mass is 198 g/mol. The molecule has 2 aliphatic rings. The number of methoxy groups -OCH3 is 1. The van der Waals surface area contributed by atoms with Crippen molar-refractivity contribution in [3.63, 3.8) is 0 Å². The van der Waals surface area contributed by atoms with Crippen LogP contribution in [0.25, 0.3) is 0 Å². The van der Waals surface area contributed by atoms with Gasteiger partial charge >= 0.3 is 0 Å². The number of carbonyl (C=O) groups excluding carboxylic acids is 1. The van der Waals surface area contributed by atoms with Gasteiger partial charge in [0.15, 0.2) is 0 Å². The van der Waals surface area contributed by atoms with Crippen molar-refractivity contribution in [3.8, 4) is 0 Å². The number of nitrogens with two attached hydrogens (primary N) is 1. The van der Waals surface area contributed by atoms with Gasteiger partial charge < -0.3 is 15.4 Å². The molecule has 2 fully saturated rings. The molecule has 2 heterocycles. The number of ether oxygens (including phenoxy) is 1. The minimum absolute atomic E-state index is 0.131. The first-order valence-electron chi connectivity index (χ1n) is 5.28. The molecule has 1 unspecified atom stereocenters. The lowest BCUT2D eigenvalue weighted by Crippen LogP contribution is -2.51. The van der Waals surface area contributed by atoms with Crippen LogP contribution in [-0.2, 0) is 9.53 Å². The summed E-state index contributed by atoms with van der Waals surface area (Å²) in [4.78, 5) is 13.7. The summed E-state index contributed by atoms with van der Waals surface area (Å²) >= 11 is 0. The summed E-state index contributed by atoms with van der Waals surface area (Å²) in [5.74, 6) is 0.131. The molecular weight excluding hydrogens is 180 g/mol. The lowest BCUT2D eigenvalue weighted by Gasteiger charge is -2.37. The van der Waals surface area contributed by atoms with Crippen LogP contribution < -0.4 is 5.73 Å². The Labute approximate surface area is 84.4 Å². The normalized spacial score (nSPS) is 36.1. The molecule has 4 nitrogen and oxygen atoms in total. The van der Waals surface area contributed by atoms with Crippen LogP contribution in [-0.4, -0.2) is 42.6 Å². The number of piperidine rings is 1. The van der Waals surface area contributed by atoms with E-state index >= 15 is 0 Å². The van der Waals surface area contributed by atoms with Gasteiger partial charge in [-0.2, -0.15) is 0 Å². The zero-order valence-corrected chi connectivity index (χ0v) is 8.61. The SMILES string of the molecule is COCC(=O)N1[C@@H]2CC[C@H]1CC(N)C2. The van der Waals surface area contributed by atoms with E-state index in [0.29, 0.717) is 18.1 Å². The van der Waals surface area contributed by atoms with Crippen LogP contribution in [0.15, 0.2) is 0 Å². The van der Waals surface area contributed by atoms with E-state index in [4.69, 9.17) is 10.5 Å². The van der Waals surface area contributed by atoms with Gasteiger partial charge in [0.2, 0.25) is 5.91 Å². The molecule has 0 saturated carbocycles. The van der Waals surface area contributed by atoms with Gasteiger partial charge in [-0.3, -0.25) is 4.79 Å². The van der Waals surface area contributed by atoms with Gasteiger partial charge in [-0.25, -0.2) is 0 Å². The van der Waals surface area contributed by atoms with Crippen molar-refractivity contribution >= 4 is 5.91 Å². The molecule has 2 rings (SSSR count). The molecule has 2 N–H and O–H groups in total. The molecule has 2 aliphatic heterocycles. The molecule has 1 amide bonds. The maximum Gasteiger partial charge on any atom is 0.249 e. The number of hydrogen-bond acceptors (Lipinski definition) is 3. The highest BCUT2D eigenvalue weighted by Crippen LogP contribution is 2.34. The van der Waals surface area contributed by atoms with Crippen LogP contribution in [0.1, 0.15) is 25.7 Å². The molecule has 0 radical (unpaired) electrons. The van der Waals surface area contributed by atoms with E-state index in [1.54, 1.807) is 7.11 Å². The molecule has 0 aliphatic carbocycles. The Balaban J connectivity index is 2.03. The Hall–Kier alpha value is -0.610. The molecule has 3 atom stereocenters. The quantitative estimate of drug-likeness (QED) is 0.685. The highest BCUT2D eigenvalue weighted by molar-refractivity contribution is 5.78. The topological polar surface area (TPSA) is 55.6 Å². The van der Waals surface area contributed by atoms with E-state index < -0.39 is 0 Å². The molecule has 0 aromatic heterocycles. The average Bonchev–Trinajstić information content (AvgIpc) is 2.39. The first-order chi connectivity index (χ1) is 6.72. The third-order valence-electron chi connectivity index (χ3n) is 3.33. The van der Waals surface area contributed by atoms with E-state index in [2.05, 4.69) is 0 Å². The number of carbonyl (C=O) groups is 1. The van der Waals surface area contributed by atoms with Crippen molar-refractivity contribution in [2.45, 2.75) is 43.8 Å². The first-order valence-corrected chi connectivity index (χ1v) is 5.28. The Morgan fingerprint density at radius 3 is 2.50 bits per heavy atom. The smallest absolute Gasteiger partial charge is 0.249 e. The van der Waals surface area contributed by atoms with Crippen molar-refractivity contribution in [1.82, 2.24) is 4.90 Å². The van der Waals surface area contributed by atoms with E-state index in [1.165, 1.54) is 0 Å². The van der Waals surface area contributed by atoms with Gasteiger partial charge in [-0.1, -0.05) is 0 Å². The number of fused-ring (bicyclic) bond motifs is 2. The lowest BCUT2D eigenvalue weighted by molar-refractivity contribution is -0.139. The zero-order chi connectivity index (χ0) is 10.1. The van der Waals surface area contributed by atoms with Crippen molar-refractivity contribution in [2.75, 3.05) is 13.7 Å². The molecule has 0 aromatic rings. The summed E-state index contributed by atoms with van der Waals surface area (Å²) in [6, 6.07) is 1.05. The Kier molecular flexibility index (Phi) is 2.74. The maximum absolute atomic E-state index is 11.7. The number of hydrogen-bond donors (Lipinski definition) is 1. The van der Waals surface area contributed by atoms with E-state index in [-0.39, 0.29) is 12.5 Å². The van der Waals surface area contributed by atoms with Crippen molar-refractivity contribution < 1.29 is 9.53 Å². The molecule has 2 saturated heterocycles. The van der Waals surface area contributed by atoms with Crippen molar-refractivity contribution in [3.05, 3.63) is 0 Å². The van der Waals surface area contributed by atoms with Crippen LogP contribution in [0.2, 0.25) is 0 Å². The maximum atomic E-state index is 11.7. The predicted octanol–water partition coefficient (Wildman–Crippen LogP) is 0.113. The second kappa shape index (κ2) is 3.87.